The molecule has 0 bridgehead atoms. The van der Waals surface area contributed by atoms with Crippen LogP contribution in [0.15, 0.2) is 40.8 Å². The molecule has 0 spiro atoms. The van der Waals surface area contributed by atoms with Crippen LogP contribution in [0.1, 0.15) is 37.1 Å². The monoisotopic (exact) mass is 353 g/mol. The Balaban J connectivity index is 1.58. The fourth-order valence-corrected chi connectivity index (χ4v) is 3.85. The zero-order valence-corrected chi connectivity index (χ0v) is 15.6. The maximum Gasteiger partial charge on any atom is 0.124 e. The van der Waals surface area contributed by atoms with Crippen molar-refractivity contribution >= 4 is 11.0 Å². The highest BCUT2D eigenvalue weighted by Gasteiger charge is 2.22. The SMILES string of the molecule is CCn1c(CN(Cc2ccc(C)o2)CC2CCCO2)nc2ccccc21. The number of para-hydroxylation sites is 2. The summed E-state index contributed by atoms with van der Waals surface area (Å²) in [7, 11) is 0. The minimum absolute atomic E-state index is 0.311. The zero-order chi connectivity index (χ0) is 17.9. The molecule has 5 nitrogen and oxygen atoms in total. The Hall–Kier alpha value is -2.11. The van der Waals surface area contributed by atoms with Crippen LogP contribution in [0.4, 0.5) is 0 Å². The van der Waals surface area contributed by atoms with Crippen molar-refractivity contribution in [3.8, 4) is 0 Å². The number of nitrogens with zero attached hydrogens (tertiary/aromatic N) is 3. The smallest absolute Gasteiger partial charge is 0.124 e. The number of hydrogen-bond donors (Lipinski definition) is 0. The van der Waals surface area contributed by atoms with E-state index >= 15 is 0 Å². The van der Waals surface area contributed by atoms with Gasteiger partial charge in [-0.1, -0.05) is 12.1 Å². The number of benzene rings is 1. The Morgan fingerprint density at radius 1 is 1.19 bits per heavy atom. The Kier molecular flexibility index (Phi) is 5.09. The highest BCUT2D eigenvalue weighted by Crippen LogP contribution is 2.21. The van der Waals surface area contributed by atoms with Crippen molar-refractivity contribution in [2.75, 3.05) is 13.2 Å². The van der Waals surface area contributed by atoms with Gasteiger partial charge in [-0.2, -0.15) is 0 Å². The van der Waals surface area contributed by atoms with Crippen molar-refractivity contribution < 1.29 is 9.15 Å². The summed E-state index contributed by atoms with van der Waals surface area (Å²) >= 11 is 0. The molecule has 0 radical (unpaired) electrons. The predicted molar refractivity (Wildman–Crippen MR) is 102 cm³/mol. The number of ether oxygens (including phenoxy) is 1. The lowest BCUT2D eigenvalue weighted by Gasteiger charge is -2.24. The normalized spacial score (nSPS) is 17.6. The molecular formula is C21H27N3O2. The molecule has 0 aliphatic carbocycles. The van der Waals surface area contributed by atoms with Crippen LogP contribution in [0.25, 0.3) is 11.0 Å². The van der Waals surface area contributed by atoms with Gasteiger partial charge in [0.2, 0.25) is 0 Å². The lowest BCUT2D eigenvalue weighted by molar-refractivity contribution is 0.0641. The van der Waals surface area contributed by atoms with Crippen molar-refractivity contribution in [2.24, 2.45) is 0 Å². The molecule has 3 heterocycles. The van der Waals surface area contributed by atoms with E-state index in [4.69, 9.17) is 14.1 Å². The van der Waals surface area contributed by atoms with E-state index in [1.165, 1.54) is 5.52 Å². The third-order valence-corrected chi connectivity index (χ3v) is 5.08. The molecule has 3 aromatic rings. The minimum Gasteiger partial charge on any atom is -0.465 e. The summed E-state index contributed by atoms with van der Waals surface area (Å²) in [5, 5.41) is 0. The van der Waals surface area contributed by atoms with E-state index in [9.17, 15) is 0 Å². The highest BCUT2D eigenvalue weighted by atomic mass is 16.5. The molecule has 0 N–H and O–H groups in total. The van der Waals surface area contributed by atoms with Crippen LogP contribution in [-0.4, -0.2) is 33.7 Å². The number of aromatic nitrogens is 2. The molecule has 1 saturated heterocycles. The van der Waals surface area contributed by atoms with E-state index < -0.39 is 0 Å². The lowest BCUT2D eigenvalue weighted by atomic mass is 10.2. The molecule has 5 heteroatoms. The average molecular weight is 353 g/mol. The number of aryl methyl sites for hydroxylation is 2. The molecule has 26 heavy (non-hydrogen) atoms. The number of fused-ring (bicyclic) bond motifs is 1. The minimum atomic E-state index is 0.311. The van der Waals surface area contributed by atoms with Gasteiger partial charge in [-0.3, -0.25) is 4.90 Å². The standard InChI is InChI=1S/C21H27N3O2/c1-3-24-20-9-5-4-8-19(20)22-21(24)15-23(13-17-7-6-12-25-17)14-18-11-10-16(2)26-18/h4-5,8-11,17H,3,6-7,12-15H2,1-2H3. The van der Waals surface area contributed by atoms with Gasteiger partial charge in [0.15, 0.2) is 0 Å². The summed E-state index contributed by atoms with van der Waals surface area (Å²) < 4.78 is 14.0. The van der Waals surface area contributed by atoms with Crippen LogP contribution in [0.3, 0.4) is 0 Å². The summed E-state index contributed by atoms with van der Waals surface area (Å²) in [6, 6.07) is 12.5. The first-order valence-corrected chi connectivity index (χ1v) is 9.56. The van der Waals surface area contributed by atoms with Gasteiger partial charge in [0, 0.05) is 19.7 Å². The molecule has 138 valence electrons. The molecule has 1 unspecified atom stereocenters. The molecular weight excluding hydrogens is 326 g/mol. The number of hydrogen-bond acceptors (Lipinski definition) is 4. The molecule has 1 aliphatic rings. The molecule has 1 atom stereocenters. The van der Waals surface area contributed by atoms with Crippen LogP contribution in [0, 0.1) is 6.92 Å². The third kappa shape index (κ3) is 3.69. The Morgan fingerprint density at radius 2 is 2.08 bits per heavy atom. The Morgan fingerprint density at radius 3 is 2.81 bits per heavy atom. The molecule has 4 rings (SSSR count). The maximum atomic E-state index is 5.88. The first-order valence-electron chi connectivity index (χ1n) is 9.56. The molecule has 1 aromatic carbocycles. The summed E-state index contributed by atoms with van der Waals surface area (Å²) in [5.41, 5.74) is 2.27. The predicted octanol–water partition coefficient (Wildman–Crippen LogP) is 4.14. The Labute approximate surface area is 154 Å². The zero-order valence-electron chi connectivity index (χ0n) is 15.6. The lowest BCUT2D eigenvalue weighted by Crippen LogP contribution is -2.32. The van der Waals surface area contributed by atoms with Crippen molar-refractivity contribution in [3.05, 3.63) is 53.7 Å². The second-order valence-electron chi connectivity index (χ2n) is 7.08. The van der Waals surface area contributed by atoms with Crippen LogP contribution in [-0.2, 0) is 24.4 Å². The second kappa shape index (κ2) is 7.64. The van der Waals surface area contributed by atoms with Gasteiger partial charge in [-0.05, 0) is 51.0 Å². The number of furan rings is 1. The average Bonchev–Trinajstić information content (AvgIpc) is 3.35. The van der Waals surface area contributed by atoms with Gasteiger partial charge in [0.05, 0.1) is 30.2 Å². The maximum absolute atomic E-state index is 5.88. The highest BCUT2D eigenvalue weighted by molar-refractivity contribution is 5.75. The van der Waals surface area contributed by atoms with Crippen LogP contribution < -0.4 is 0 Å². The summed E-state index contributed by atoms with van der Waals surface area (Å²) in [5.74, 6) is 3.06. The van der Waals surface area contributed by atoms with E-state index in [0.717, 1.165) is 68.5 Å². The Bertz CT molecular complexity index is 861. The largest absolute Gasteiger partial charge is 0.465 e. The van der Waals surface area contributed by atoms with Gasteiger partial charge in [-0.15, -0.1) is 0 Å². The fourth-order valence-electron chi connectivity index (χ4n) is 3.85. The van der Waals surface area contributed by atoms with Gasteiger partial charge in [0.25, 0.3) is 0 Å². The first kappa shape index (κ1) is 17.3. The van der Waals surface area contributed by atoms with Crippen molar-refractivity contribution in [1.29, 1.82) is 0 Å². The van der Waals surface area contributed by atoms with Crippen molar-refractivity contribution in [1.82, 2.24) is 14.5 Å². The van der Waals surface area contributed by atoms with E-state index in [-0.39, 0.29) is 0 Å². The van der Waals surface area contributed by atoms with Gasteiger partial charge in [0.1, 0.15) is 17.3 Å². The van der Waals surface area contributed by atoms with Crippen LogP contribution in [0.5, 0.6) is 0 Å². The van der Waals surface area contributed by atoms with E-state index in [0.29, 0.717) is 6.10 Å². The van der Waals surface area contributed by atoms with Gasteiger partial charge < -0.3 is 13.7 Å². The van der Waals surface area contributed by atoms with Crippen molar-refractivity contribution in [2.45, 2.75) is 52.4 Å². The quantitative estimate of drug-likeness (QED) is 0.640. The third-order valence-electron chi connectivity index (χ3n) is 5.08. The first-order chi connectivity index (χ1) is 12.7. The topological polar surface area (TPSA) is 43.4 Å². The van der Waals surface area contributed by atoms with E-state index in [1.54, 1.807) is 0 Å². The molecule has 0 amide bonds. The van der Waals surface area contributed by atoms with E-state index in [2.05, 4.69) is 46.7 Å². The molecule has 1 aliphatic heterocycles. The number of rotatable bonds is 7. The second-order valence-corrected chi connectivity index (χ2v) is 7.08. The molecule has 2 aromatic heterocycles. The summed E-state index contributed by atoms with van der Waals surface area (Å²) in [6.07, 6.45) is 2.61. The molecule has 1 fully saturated rings. The summed E-state index contributed by atoms with van der Waals surface area (Å²) in [6.45, 7) is 8.45. The van der Waals surface area contributed by atoms with E-state index in [1.807, 2.05) is 13.0 Å². The fraction of sp³-hybridized carbons (Fsp3) is 0.476. The van der Waals surface area contributed by atoms with Gasteiger partial charge in [-0.25, -0.2) is 4.98 Å². The number of imidazole rings is 1. The van der Waals surface area contributed by atoms with Crippen molar-refractivity contribution in [3.63, 3.8) is 0 Å². The van der Waals surface area contributed by atoms with Crippen LogP contribution in [0.2, 0.25) is 0 Å². The van der Waals surface area contributed by atoms with Gasteiger partial charge >= 0.3 is 0 Å². The summed E-state index contributed by atoms with van der Waals surface area (Å²) in [4.78, 5) is 7.30. The van der Waals surface area contributed by atoms with Crippen LogP contribution >= 0.6 is 0 Å². The molecule has 0 saturated carbocycles.